The Morgan fingerprint density at radius 1 is 1.00 bits per heavy atom. The highest BCUT2D eigenvalue weighted by Crippen LogP contribution is 2.11. The van der Waals surface area contributed by atoms with E-state index in [4.69, 9.17) is 5.73 Å². The van der Waals surface area contributed by atoms with Crippen LogP contribution in [0.15, 0.2) is 36.4 Å². The van der Waals surface area contributed by atoms with E-state index in [-0.39, 0.29) is 0 Å². The first kappa shape index (κ1) is 15.7. The molecule has 0 saturated carbocycles. The number of pyridine rings is 1. The minimum Gasteiger partial charge on any atom is -0.330 e. The van der Waals surface area contributed by atoms with Gasteiger partial charge in [-0.3, -0.25) is 9.88 Å². The summed E-state index contributed by atoms with van der Waals surface area (Å²) in [5, 5.41) is 0. The van der Waals surface area contributed by atoms with E-state index in [2.05, 4.69) is 60.3 Å². The molecule has 0 aliphatic rings. The molecule has 112 valence electrons. The summed E-state index contributed by atoms with van der Waals surface area (Å²) >= 11 is 0. The molecule has 3 nitrogen and oxygen atoms in total. The second kappa shape index (κ2) is 7.34. The number of benzene rings is 1. The van der Waals surface area contributed by atoms with Gasteiger partial charge in [0.05, 0.1) is 5.69 Å². The summed E-state index contributed by atoms with van der Waals surface area (Å²) in [7, 11) is 2.13. The number of aryl methyl sites for hydroxylation is 2. The molecular weight excluding hydrogens is 258 g/mol. The number of aromatic nitrogens is 1. The van der Waals surface area contributed by atoms with Gasteiger partial charge in [0.25, 0.3) is 0 Å². The van der Waals surface area contributed by atoms with Crippen LogP contribution in [-0.2, 0) is 19.5 Å². The van der Waals surface area contributed by atoms with Crippen LogP contribution in [0.1, 0.15) is 28.1 Å². The highest BCUT2D eigenvalue weighted by Gasteiger charge is 2.04. The lowest BCUT2D eigenvalue weighted by Gasteiger charge is -2.17. The van der Waals surface area contributed by atoms with Gasteiger partial charge in [-0.15, -0.1) is 0 Å². The summed E-state index contributed by atoms with van der Waals surface area (Å²) in [6.45, 7) is 6.67. The van der Waals surface area contributed by atoms with Crippen molar-refractivity contribution in [2.45, 2.75) is 33.4 Å². The predicted molar refractivity (Wildman–Crippen MR) is 88.1 cm³/mol. The lowest BCUT2D eigenvalue weighted by atomic mass is 10.1. The predicted octanol–water partition coefficient (Wildman–Crippen LogP) is 2.83. The average molecular weight is 283 g/mol. The van der Waals surface area contributed by atoms with Gasteiger partial charge in [-0.1, -0.05) is 24.3 Å². The normalized spacial score (nSPS) is 11.1. The van der Waals surface area contributed by atoms with Crippen LogP contribution in [0, 0.1) is 13.8 Å². The van der Waals surface area contributed by atoms with Crippen molar-refractivity contribution in [2.24, 2.45) is 5.73 Å². The van der Waals surface area contributed by atoms with Crippen LogP contribution in [-0.4, -0.2) is 23.5 Å². The molecule has 0 fully saturated rings. The van der Waals surface area contributed by atoms with Crippen molar-refractivity contribution in [3.8, 4) is 0 Å². The lowest BCUT2D eigenvalue weighted by molar-refractivity contribution is 0.315. The number of nitrogens with two attached hydrogens (primary N) is 1. The summed E-state index contributed by atoms with van der Waals surface area (Å²) in [6.07, 6.45) is 0.947. The number of rotatable bonds is 6. The molecule has 1 heterocycles. The largest absolute Gasteiger partial charge is 0.330 e. The van der Waals surface area contributed by atoms with Crippen LogP contribution < -0.4 is 5.73 Å². The summed E-state index contributed by atoms with van der Waals surface area (Å²) in [6, 6.07) is 13.0. The second-order valence-corrected chi connectivity index (χ2v) is 5.80. The van der Waals surface area contributed by atoms with Gasteiger partial charge >= 0.3 is 0 Å². The first-order valence-electron chi connectivity index (χ1n) is 7.47. The van der Waals surface area contributed by atoms with Gasteiger partial charge in [0.15, 0.2) is 0 Å². The third kappa shape index (κ3) is 4.96. The van der Waals surface area contributed by atoms with E-state index in [1.807, 2.05) is 6.92 Å². The fourth-order valence-corrected chi connectivity index (χ4v) is 2.63. The highest BCUT2D eigenvalue weighted by atomic mass is 15.1. The maximum atomic E-state index is 5.57. The summed E-state index contributed by atoms with van der Waals surface area (Å²) in [4.78, 5) is 6.89. The third-order valence-electron chi connectivity index (χ3n) is 3.49. The van der Waals surface area contributed by atoms with Crippen LogP contribution in [0.25, 0.3) is 0 Å². The van der Waals surface area contributed by atoms with Crippen molar-refractivity contribution in [1.82, 2.24) is 9.88 Å². The molecule has 1 aromatic heterocycles. The van der Waals surface area contributed by atoms with E-state index >= 15 is 0 Å². The summed E-state index contributed by atoms with van der Waals surface area (Å²) in [5.41, 5.74) is 11.7. The van der Waals surface area contributed by atoms with Gasteiger partial charge < -0.3 is 5.73 Å². The molecule has 2 rings (SSSR count). The Labute approximate surface area is 127 Å². The Morgan fingerprint density at radius 2 is 1.67 bits per heavy atom. The fraction of sp³-hybridized carbons (Fsp3) is 0.389. The van der Waals surface area contributed by atoms with Gasteiger partial charge in [-0.05, 0) is 62.7 Å². The third-order valence-corrected chi connectivity index (χ3v) is 3.49. The molecule has 0 amide bonds. The van der Waals surface area contributed by atoms with Crippen LogP contribution in [0.4, 0.5) is 0 Å². The molecule has 0 unspecified atom stereocenters. The quantitative estimate of drug-likeness (QED) is 0.886. The minimum absolute atomic E-state index is 0.706. The molecule has 0 aliphatic heterocycles. The first-order chi connectivity index (χ1) is 10.1. The zero-order chi connectivity index (χ0) is 15.2. The zero-order valence-electron chi connectivity index (χ0n) is 13.3. The van der Waals surface area contributed by atoms with Crippen molar-refractivity contribution in [1.29, 1.82) is 0 Å². The molecule has 2 aromatic rings. The van der Waals surface area contributed by atoms with Crippen LogP contribution in [0.3, 0.4) is 0 Å². The molecule has 21 heavy (non-hydrogen) atoms. The van der Waals surface area contributed by atoms with E-state index in [9.17, 15) is 0 Å². The first-order valence-corrected chi connectivity index (χ1v) is 7.47. The molecule has 3 heteroatoms. The van der Waals surface area contributed by atoms with Crippen molar-refractivity contribution < 1.29 is 0 Å². The second-order valence-electron chi connectivity index (χ2n) is 5.80. The van der Waals surface area contributed by atoms with E-state index in [1.165, 1.54) is 16.7 Å². The van der Waals surface area contributed by atoms with Gasteiger partial charge in [0.1, 0.15) is 0 Å². The Balaban J connectivity index is 1.96. The van der Waals surface area contributed by atoms with Crippen LogP contribution in [0.2, 0.25) is 0 Å². The van der Waals surface area contributed by atoms with Crippen molar-refractivity contribution >= 4 is 0 Å². The number of nitrogens with zero attached hydrogens (tertiary/aromatic N) is 2. The Bertz CT molecular complexity index is 555. The molecule has 0 radical (unpaired) electrons. The monoisotopic (exact) mass is 283 g/mol. The fourth-order valence-electron chi connectivity index (χ4n) is 2.63. The van der Waals surface area contributed by atoms with Gasteiger partial charge in [0.2, 0.25) is 0 Å². The van der Waals surface area contributed by atoms with E-state index < -0.39 is 0 Å². The average Bonchev–Trinajstić information content (AvgIpc) is 2.40. The van der Waals surface area contributed by atoms with Gasteiger partial charge in [0, 0.05) is 18.8 Å². The van der Waals surface area contributed by atoms with Gasteiger partial charge in [-0.25, -0.2) is 0 Å². The minimum atomic E-state index is 0.706. The lowest BCUT2D eigenvalue weighted by Crippen LogP contribution is -2.18. The van der Waals surface area contributed by atoms with Crippen LogP contribution >= 0.6 is 0 Å². The maximum Gasteiger partial charge on any atom is 0.0549 e. The molecule has 0 aliphatic carbocycles. The molecular formula is C18H25N3. The Kier molecular flexibility index (Phi) is 5.48. The number of hydrogen-bond acceptors (Lipinski definition) is 3. The van der Waals surface area contributed by atoms with E-state index in [0.29, 0.717) is 6.54 Å². The zero-order valence-corrected chi connectivity index (χ0v) is 13.3. The van der Waals surface area contributed by atoms with Crippen LogP contribution in [0.5, 0.6) is 0 Å². The smallest absolute Gasteiger partial charge is 0.0549 e. The van der Waals surface area contributed by atoms with Gasteiger partial charge in [-0.2, -0.15) is 0 Å². The van der Waals surface area contributed by atoms with E-state index in [1.54, 1.807) is 0 Å². The highest BCUT2D eigenvalue weighted by molar-refractivity contribution is 5.23. The topological polar surface area (TPSA) is 42.2 Å². The standard InChI is InChI=1S/C18H25N3/c1-14-10-15(2)20-18(11-14)13-21(3)12-17-6-4-16(5-7-17)8-9-19/h4-7,10-11H,8-9,12-13,19H2,1-3H3. The molecule has 0 spiro atoms. The Morgan fingerprint density at radius 3 is 2.29 bits per heavy atom. The molecule has 0 atom stereocenters. The number of hydrogen-bond donors (Lipinski definition) is 1. The molecule has 2 N–H and O–H groups in total. The Hall–Kier alpha value is -1.71. The molecule has 0 saturated heterocycles. The van der Waals surface area contributed by atoms with Crippen molar-refractivity contribution in [3.63, 3.8) is 0 Å². The van der Waals surface area contributed by atoms with E-state index in [0.717, 1.165) is 30.9 Å². The summed E-state index contributed by atoms with van der Waals surface area (Å²) < 4.78 is 0. The van der Waals surface area contributed by atoms with Crippen molar-refractivity contribution in [2.75, 3.05) is 13.6 Å². The summed E-state index contributed by atoms with van der Waals surface area (Å²) in [5.74, 6) is 0. The molecule has 0 bridgehead atoms. The maximum absolute atomic E-state index is 5.57. The molecule has 1 aromatic carbocycles. The SMILES string of the molecule is Cc1cc(C)nc(CN(C)Cc2ccc(CCN)cc2)c1. The van der Waals surface area contributed by atoms with Crippen molar-refractivity contribution in [3.05, 3.63) is 64.5 Å².